The lowest BCUT2D eigenvalue weighted by Gasteiger charge is -2.45. The molecule has 0 saturated carbocycles. The van der Waals surface area contributed by atoms with Gasteiger partial charge in [-0.3, -0.25) is 4.79 Å². The van der Waals surface area contributed by atoms with Crippen LogP contribution in [0.1, 0.15) is 37.6 Å². The first kappa shape index (κ1) is 20.7. The summed E-state index contributed by atoms with van der Waals surface area (Å²) in [5, 5.41) is 0. The van der Waals surface area contributed by atoms with Gasteiger partial charge in [0.1, 0.15) is 12.2 Å². The van der Waals surface area contributed by atoms with Crippen molar-refractivity contribution in [2.75, 3.05) is 6.61 Å². The number of carbonyl (C=O) groups excluding carboxylic acids is 2. The predicted octanol–water partition coefficient (Wildman–Crippen LogP) is 3.10. The van der Waals surface area contributed by atoms with Crippen molar-refractivity contribution in [1.29, 1.82) is 0 Å². The maximum Gasteiger partial charge on any atom is 0.377 e. The Labute approximate surface area is 174 Å². The summed E-state index contributed by atoms with van der Waals surface area (Å²) in [4.78, 5) is 25.3. The van der Waals surface area contributed by atoms with Gasteiger partial charge in [-0.05, 0) is 13.8 Å². The van der Waals surface area contributed by atoms with Crippen molar-refractivity contribution in [2.24, 2.45) is 0 Å². The molecule has 5 atom stereocenters. The molecule has 2 aromatic rings. The van der Waals surface area contributed by atoms with Crippen molar-refractivity contribution in [3.8, 4) is 0 Å². The van der Waals surface area contributed by atoms with Gasteiger partial charge in [0, 0.05) is 11.1 Å². The van der Waals surface area contributed by atoms with Gasteiger partial charge in [-0.1, -0.05) is 60.7 Å². The van der Waals surface area contributed by atoms with E-state index < -0.39 is 48.7 Å². The predicted molar refractivity (Wildman–Crippen MR) is 105 cm³/mol. The number of hydrogen-bond acceptors (Lipinski definition) is 7. The van der Waals surface area contributed by atoms with Gasteiger partial charge >= 0.3 is 5.97 Å². The molecule has 0 radical (unpaired) electrons. The quantitative estimate of drug-likeness (QED) is 0.551. The minimum Gasteiger partial charge on any atom is -0.457 e. The second kappa shape index (κ2) is 9.06. The molecule has 2 saturated heterocycles. The molecule has 2 aliphatic rings. The summed E-state index contributed by atoms with van der Waals surface area (Å²) in [5.41, 5.74) is 1.54. The van der Waals surface area contributed by atoms with E-state index in [1.807, 2.05) is 60.7 Å². The summed E-state index contributed by atoms with van der Waals surface area (Å²) in [6, 6.07) is 18.6. The maximum absolute atomic E-state index is 12.9. The molecular formula is C23H24O7. The number of ketones is 1. The minimum atomic E-state index is -1.17. The van der Waals surface area contributed by atoms with Crippen LogP contribution in [0, 0.1) is 0 Å². The first-order chi connectivity index (χ1) is 14.5. The van der Waals surface area contributed by atoms with Crippen LogP contribution in [0.2, 0.25) is 0 Å². The van der Waals surface area contributed by atoms with Gasteiger partial charge in [0.25, 0.3) is 5.78 Å². The van der Waals surface area contributed by atoms with Gasteiger partial charge in [-0.15, -0.1) is 0 Å². The molecule has 2 fully saturated rings. The molecule has 7 heteroatoms. The second-order valence-corrected chi connectivity index (χ2v) is 7.47. The Morgan fingerprint density at radius 3 is 2.07 bits per heavy atom. The van der Waals surface area contributed by atoms with E-state index in [1.54, 1.807) is 13.8 Å². The monoisotopic (exact) mass is 412 g/mol. The Morgan fingerprint density at radius 1 is 0.867 bits per heavy atom. The molecule has 0 bridgehead atoms. The molecule has 0 amide bonds. The van der Waals surface area contributed by atoms with Gasteiger partial charge in [0.05, 0.1) is 12.7 Å². The molecule has 2 unspecified atom stereocenters. The molecule has 2 heterocycles. The third kappa shape index (κ3) is 4.44. The summed E-state index contributed by atoms with van der Waals surface area (Å²) < 4.78 is 29.0. The fraction of sp³-hybridized carbons (Fsp3) is 0.391. The van der Waals surface area contributed by atoms with Gasteiger partial charge in [0.2, 0.25) is 0 Å². The van der Waals surface area contributed by atoms with Gasteiger partial charge in [-0.2, -0.15) is 0 Å². The van der Waals surface area contributed by atoms with Crippen LogP contribution < -0.4 is 0 Å². The molecule has 0 spiro atoms. The van der Waals surface area contributed by atoms with E-state index in [0.717, 1.165) is 11.1 Å². The van der Waals surface area contributed by atoms with E-state index in [0.29, 0.717) is 0 Å². The zero-order chi connectivity index (χ0) is 21.1. The summed E-state index contributed by atoms with van der Waals surface area (Å²) in [6.45, 7) is 3.56. The van der Waals surface area contributed by atoms with Crippen molar-refractivity contribution >= 4 is 11.8 Å². The van der Waals surface area contributed by atoms with Crippen LogP contribution in [0.4, 0.5) is 0 Å². The smallest absolute Gasteiger partial charge is 0.377 e. The number of carbonyl (C=O) groups is 2. The highest BCUT2D eigenvalue weighted by atomic mass is 16.8. The van der Waals surface area contributed by atoms with Gasteiger partial charge in [0.15, 0.2) is 18.7 Å². The van der Waals surface area contributed by atoms with E-state index in [1.165, 1.54) is 0 Å². The normalized spacial score (nSPS) is 28.6. The highest BCUT2D eigenvalue weighted by Crippen LogP contribution is 2.38. The molecule has 2 aliphatic heterocycles. The molecule has 0 aliphatic carbocycles. The Morgan fingerprint density at radius 2 is 1.47 bits per heavy atom. The fourth-order valence-electron chi connectivity index (χ4n) is 3.48. The lowest BCUT2D eigenvalue weighted by Crippen LogP contribution is -2.58. The van der Waals surface area contributed by atoms with E-state index >= 15 is 0 Å². The zero-order valence-corrected chi connectivity index (χ0v) is 16.8. The van der Waals surface area contributed by atoms with Crippen LogP contribution in [0.25, 0.3) is 0 Å². The fourth-order valence-corrected chi connectivity index (χ4v) is 3.48. The zero-order valence-electron chi connectivity index (χ0n) is 16.8. The Hall–Kier alpha value is -2.58. The van der Waals surface area contributed by atoms with Crippen LogP contribution in [0.3, 0.4) is 0 Å². The van der Waals surface area contributed by atoms with E-state index in [9.17, 15) is 9.59 Å². The summed E-state index contributed by atoms with van der Waals surface area (Å²) in [5.74, 6) is -1.74. The van der Waals surface area contributed by atoms with Crippen LogP contribution in [-0.2, 0) is 33.3 Å². The average molecular weight is 412 g/mol. The number of ether oxygens (including phenoxy) is 5. The SMILES string of the molecule is CC(C)OC(=O)C(=O)[C@H]1OC(c2ccccc2)O[C@H]2COC(c3ccccc3)O[C@H]21. The first-order valence-electron chi connectivity index (χ1n) is 9.95. The van der Waals surface area contributed by atoms with Crippen molar-refractivity contribution in [3.63, 3.8) is 0 Å². The number of rotatable bonds is 5. The largest absolute Gasteiger partial charge is 0.457 e. The van der Waals surface area contributed by atoms with Gasteiger partial charge in [-0.25, -0.2) is 4.79 Å². The van der Waals surface area contributed by atoms with E-state index in [-0.39, 0.29) is 6.61 Å². The summed E-state index contributed by atoms with van der Waals surface area (Å²) in [7, 11) is 0. The lowest BCUT2D eigenvalue weighted by molar-refractivity contribution is -0.356. The van der Waals surface area contributed by atoms with Crippen molar-refractivity contribution in [2.45, 2.75) is 50.8 Å². The lowest BCUT2D eigenvalue weighted by atomic mass is 10.00. The number of fused-ring (bicyclic) bond motifs is 1. The van der Waals surface area contributed by atoms with Crippen LogP contribution in [0.5, 0.6) is 0 Å². The topological polar surface area (TPSA) is 80.3 Å². The maximum atomic E-state index is 12.9. The molecule has 30 heavy (non-hydrogen) atoms. The molecule has 2 aromatic carbocycles. The number of esters is 1. The third-order valence-corrected chi connectivity index (χ3v) is 4.87. The van der Waals surface area contributed by atoms with Crippen molar-refractivity contribution < 1.29 is 33.3 Å². The van der Waals surface area contributed by atoms with Gasteiger partial charge < -0.3 is 23.7 Å². The Kier molecular flexibility index (Phi) is 6.24. The van der Waals surface area contributed by atoms with E-state index in [2.05, 4.69) is 0 Å². The van der Waals surface area contributed by atoms with Crippen molar-refractivity contribution in [1.82, 2.24) is 0 Å². The average Bonchev–Trinajstić information content (AvgIpc) is 2.78. The van der Waals surface area contributed by atoms with Crippen LogP contribution in [0.15, 0.2) is 60.7 Å². The number of hydrogen-bond donors (Lipinski definition) is 0. The number of Topliss-reactive ketones (excluding diaryl/α,β-unsaturated/α-hetero) is 1. The standard InChI is InChI=1S/C23H24O7/c1-14(2)27-21(25)18(24)20-19-17(28-23(30-20)16-11-7-4-8-12-16)13-26-22(29-19)15-9-5-3-6-10-15/h3-12,14,17,19-20,22-23H,13H2,1-2H3/t17-,19+,20+,22?,23?/m0/s1. The minimum absolute atomic E-state index is 0.194. The molecule has 4 rings (SSSR count). The molecule has 7 nitrogen and oxygen atoms in total. The van der Waals surface area contributed by atoms with Crippen molar-refractivity contribution in [3.05, 3.63) is 71.8 Å². The Balaban J connectivity index is 1.59. The highest BCUT2D eigenvalue weighted by molar-refractivity contribution is 6.35. The summed E-state index contributed by atoms with van der Waals surface area (Å²) >= 11 is 0. The highest BCUT2D eigenvalue weighted by Gasteiger charge is 2.50. The number of benzene rings is 2. The van der Waals surface area contributed by atoms with Crippen LogP contribution in [-0.4, -0.2) is 42.8 Å². The second-order valence-electron chi connectivity index (χ2n) is 7.47. The Bertz CT molecular complexity index is 868. The van der Waals surface area contributed by atoms with Crippen LogP contribution >= 0.6 is 0 Å². The van der Waals surface area contributed by atoms with E-state index in [4.69, 9.17) is 23.7 Å². The first-order valence-corrected chi connectivity index (χ1v) is 9.95. The molecule has 0 N–H and O–H groups in total. The molecule has 0 aromatic heterocycles. The third-order valence-electron chi connectivity index (χ3n) is 4.87. The molecular weight excluding hydrogens is 388 g/mol. The molecule has 158 valence electrons. The summed E-state index contributed by atoms with van der Waals surface area (Å²) in [6.07, 6.45) is -4.50.